The molecule has 2 atom stereocenters. The minimum absolute atomic E-state index is 0.574. The third-order valence-electron chi connectivity index (χ3n) is 4.50. The topological polar surface area (TPSA) is 29.3 Å². The molecule has 1 heterocycles. The first-order valence-corrected chi connectivity index (χ1v) is 7.41. The first kappa shape index (κ1) is 12.5. The summed E-state index contributed by atoms with van der Waals surface area (Å²) in [5.74, 6) is 0. The summed E-state index contributed by atoms with van der Waals surface area (Å²) >= 11 is 6.08. The Kier molecular flexibility index (Phi) is 3.60. The summed E-state index contributed by atoms with van der Waals surface area (Å²) in [5, 5.41) is 0.864. The van der Waals surface area contributed by atoms with Gasteiger partial charge in [0.05, 0.1) is 0 Å². The van der Waals surface area contributed by atoms with Gasteiger partial charge in [0.25, 0.3) is 0 Å². The average Bonchev–Trinajstić information content (AvgIpc) is 2.81. The Morgan fingerprint density at radius 3 is 3.00 bits per heavy atom. The molecule has 2 unspecified atom stereocenters. The van der Waals surface area contributed by atoms with Crippen LogP contribution in [0.15, 0.2) is 18.2 Å². The van der Waals surface area contributed by atoms with Crippen LogP contribution in [-0.2, 0) is 6.42 Å². The van der Waals surface area contributed by atoms with Crippen LogP contribution in [0.25, 0.3) is 0 Å². The summed E-state index contributed by atoms with van der Waals surface area (Å²) in [4.78, 5) is 2.64. The van der Waals surface area contributed by atoms with Crippen molar-refractivity contribution in [1.29, 1.82) is 0 Å². The molecule has 1 aliphatic carbocycles. The largest absolute Gasteiger partial charge is 0.329 e. The molecule has 3 heteroatoms. The number of hydrogen-bond donors (Lipinski definition) is 1. The number of fused-ring (bicyclic) bond motifs is 1. The predicted octanol–water partition coefficient (Wildman–Crippen LogP) is 3.14. The van der Waals surface area contributed by atoms with Crippen molar-refractivity contribution in [1.82, 2.24) is 4.90 Å². The highest BCUT2D eigenvalue weighted by Crippen LogP contribution is 2.39. The van der Waals surface area contributed by atoms with Gasteiger partial charge in [-0.3, -0.25) is 4.90 Å². The van der Waals surface area contributed by atoms with Gasteiger partial charge in [0, 0.05) is 23.7 Å². The second kappa shape index (κ2) is 5.20. The number of aryl methyl sites for hydroxylation is 1. The Morgan fingerprint density at radius 2 is 2.17 bits per heavy atom. The molecule has 0 spiro atoms. The van der Waals surface area contributed by atoms with Crippen molar-refractivity contribution in [3.8, 4) is 0 Å². The second-order valence-corrected chi connectivity index (χ2v) is 5.96. The van der Waals surface area contributed by atoms with Gasteiger partial charge in [-0.25, -0.2) is 0 Å². The molecule has 0 bridgehead atoms. The molecule has 1 fully saturated rings. The molecule has 2 N–H and O–H groups in total. The van der Waals surface area contributed by atoms with E-state index in [-0.39, 0.29) is 0 Å². The number of halogens is 1. The maximum atomic E-state index is 6.08. The SMILES string of the molecule is NCC1CCCCN1C1CCc2cc(Cl)ccc21. The van der Waals surface area contributed by atoms with E-state index in [0.717, 1.165) is 18.0 Å². The Morgan fingerprint density at radius 1 is 1.28 bits per heavy atom. The number of nitrogens with zero attached hydrogens (tertiary/aromatic N) is 1. The number of nitrogens with two attached hydrogens (primary N) is 1. The summed E-state index contributed by atoms with van der Waals surface area (Å²) in [7, 11) is 0. The Balaban J connectivity index is 1.86. The summed E-state index contributed by atoms with van der Waals surface area (Å²) < 4.78 is 0. The molecule has 1 aromatic rings. The Labute approximate surface area is 114 Å². The van der Waals surface area contributed by atoms with E-state index in [9.17, 15) is 0 Å². The number of hydrogen-bond acceptors (Lipinski definition) is 2. The van der Waals surface area contributed by atoms with E-state index in [1.54, 1.807) is 0 Å². The van der Waals surface area contributed by atoms with Crippen LogP contribution in [0, 0.1) is 0 Å². The lowest BCUT2D eigenvalue weighted by atomic mass is 9.97. The zero-order chi connectivity index (χ0) is 12.5. The molecular formula is C15H21ClN2. The number of piperidine rings is 1. The molecule has 18 heavy (non-hydrogen) atoms. The van der Waals surface area contributed by atoms with Crippen molar-refractivity contribution in [3.63, 3.8) is 0 Å². The van der Waals surface area contributed by atoms with Crippen LogP contribution in [0.3, 0.4) is 0 Å². The normalized spacial score (nSPS) is 28.3. The molecule has 2 aliphatic rings. The van der Waals surface area contributed by atoms with Crippen molar-refractivity contribution in [3.05, 3.63) is 34.3 Å². The quantitative estimate of drug-likeness (QED) is 0.889. The van der Waals surface area contributed by atoms with Crippen LogP contribution in [0.2, 0.25) is 5.02 Å². The van der Waals surface area contributed by atoms with Gasteiger partial charge in [0.2, 0.25) is 0 Å². The van der Waals surface area contributed by atoms with Gasteiger partial charge in [-0.15, -0.1) is 0 Å². The molecule has 98 valence electrons. The lowest BCUT2D eigenvalue weighted by Gasteiger charge is -2.39. The Bertz CT molecular complexity index is 433. The third kappa shape index (κ3) is 2.18. The van der Waals surface area contributed by atoms with Gasteiger partial charge >= 0.3 is 0 Å². The first-order valence-electron chi connectivity index (χ1n) is 7.03. The van der Waals surface area contributed by atoms with Gasteiger partial charge in [-0.1, -0.05) is 24.1 Å². The fourth-order valence-corrected chi connectivity index (χ4v) is 3.79. The molecule has 2 nitrogen and oxygen atoms in total. The first-order chi connectivity index (χ1) is 8.79. The van der Waals surface area contributed by atoms with Gasteiger partial charge in [0.1, 0.15) is 0 Å². The molecule has 3 rings (SSSR count). The fraction of sp³-hybridized carbons (Fsp3) is 0.600. The monoisotopic (exact) mass is 264 g/mol. The Hall–Kier alpha value is -0.570. The zero-order valence-electron chi connectivity index (χ0n) is 10.7. The summed E-state index contributed by atoms with van der Waals surface area (Å²) in [5.41, 5.74) is 8.87. The molecule has 1 saturated heterocycles. The van der Waals surface area contributed by atoms with E-state index in [2.05, 4.69) is 17.0 Å². The lowest BCUT2D eigenvalue weighted by molar-refractivity contribution is 0.0990. The van der Waals surface area contributed by atoms with E-state index < -0.39 is 0 Å². The summed E-state index contributed by atoms with van der Waals surface area (Å²) in [6.07, 6.45) is 6.30. The second-order valence-electron chi connectivity index (χ2n) is 5.52. The standard InChI is InChI=1S/C15H21ClN2/c16-12-5-6-14-11(9-12)4-7-15(14)18-8-2-1-3-13(18)10-17/h5-6,9,13,15H,1-4,7-8,10,17H2. The summed E-state index contributed by atoms with van der Waals surface area (Å²) in [6.45, 7) is 1.99. The third-order valence-corrected chi connectivity index (χ3v) is 4.73. The highest BCUT2D eigenvalue weighted by molar-refractivity contribution is 6.30. The van der Waals surface area contributed by atoms with Crippen LogP contribution >= 0.6 is 11.6 Å². The maximum Gasteiger partial charge on any atom is 0.0408 e. The number of likely N-dealkylation sites (tertiary alicyclic amines) is 1. The number of benzene rings is 1. The van der Waals surface area contributed by atoms with E-state index in [1.807, 2.05) is 6.07 Å². The molecule has 1 aliphatic heterocycles. The van der Waals surface area contributed by atoms with Crippen LogP contribution in [0.4, 0.5) is 0 Å². The maximum absolute atomic E-state index is 6.08. The number of rotatable bonds is 2. The van der Waals surface area contributed by atoms with Gasteiger partial charge < -0.3 is 5.73 Å². The smallest absolute Gasteiger partial charge is 0.0408 e. The van der Waals surface area contributed by atoms with Gasteiger partial charge in [-0.05, 0) is 55.5 Å². The molecule has 1 aromatic carbocycles. The fourth-order valence-electron chi connectivity index (χ4n) is 3.59. The van der Waals surface area contributed by atoms with E-state index in [1.165, 1.54) is 43.4 Å². The zero-order valence-corrected chi connectivity index (χ0v) is 11.5. The molecular weight excluding hydrogens is 244 g/mol. The van der Waals surface area contributed by atoms with E-state index >= 15 is 0 Å². The van der Waals surface area contributed by atoms with Crippen molar-refractivity contribution >= 4 is 11.6 Å². The van der Waals surface area contributed by atoms with Gasteiger partial charge in [0.15, 0.2) is 0 Å². The molecule has 0 amide bonds. The highest BCUT2D eigenvalue weighted by Gasteiger charge is 2.33. The van der Waals surface area contributed by atoms with Crippen molar-refractivity contribution < 1.29 is 0 Å². The van der Waals surface area contributed by atoms with Crippen molar-refractivity contribution in [2.24, 2.45) is 5.73 Å². The minimum atomic E-state index is 0.574. The van der Waals surface area contributed by atoms with Crippen LogP contribution in [0.1, 0.15) is 42.9 Å². The molecule has 0 radical (unpaired) electrons. The van der Waals surface area contributed by atoms with Crippen LogP contribution < -0.4 is 5.73 Å². The highest BCUT2D eigenvalue weighted by atomic mass is 35.5. The predicted molar refractivity (Wildman–Crippen MR) is 75.9 cm³/mol. The molecule has 0 saturated carbocycles. The average molecular weight is 265 g/mol. The van der Waals surface area contributed by atoms with Crippen molar-refractivity contribution in [2.75, 3.05) is 13.1 Å². The van der Waals surface area contributed by atoms with Gasteiger partial charge in [-0.2, -0.15) is 0 Å². The van der Waals surface area contributed by atoms with Crippen molar-refractivity contribution in [2.45, 2.75) is 44.2 Å². The van der Waals surface area contributed by atoms with E-state index in [0.29, 0.717) is 12.1 Å². The summed E-state index contributed by atoms with van der Waals surface area (Å²) in [6, 6.07) is 7.53. The molecule has 0 aromatic heterocycles. The lowest BCUT2D eigenvalue weighted by Crippen LogP contribution is -2.45. The van der Waals surface area contributed by atoms with Crippen LogP contribution in [0.5, 0.6) is 0 Å². The van der Waals surface area contributed by atoms with E-state index in [4.69, 9.17) is 17.3 Å². The van der Waals surface area contributed by atoms with Crippen LogP contribution in [-0.4, -0.2) is 24.0 Å². The minimum Gasteiger partial charge on any atom is -0.329 e.